The first-order chi connectivity index (χ1) is 16.5. The molecular weight excluding hydrogens is 427 g/mol. The lowest BCUT2D eigenvalue weighted by atomic mass is 10.0. The van der Waals surface area contributed by atoms with E-state index >= 15 is 0 Å². The number of amides is 1. The van der Waals surface area contributed by atoms with Crippen molar-refractivity contribution in [2.75, 3.05) is 42.6 Å². The summed E-state index contributed by atoms with van der Waals surface area (Å²) in [4.78, 5) is 24.3. The van der Waals surface area contributed by atoms with E-state index in [-0.39, 0.29) is 11.7 Å². The Morgan fingerprint density at radius 2 is 1.50 bits per heavy atom. The molecule has 34 heavy (non-hydrogen) atoms. The number of aliphatic imine (C=N–C) groups is 1. The maximum atomic E-state index is 14.2. The third-order valence-electron chi connectivity index (χ3n) is 6.61. The van der Waals surface area contributed by atoms with Gasteiger partial charge in [-0.05, 0) is 41.8 Å². The van der Waals surface area contributed by atoms with Crippen LogP contribution in [0.1, 0.15) is 30.9 Å². The van der Waals surface area contributed by atoms with Crippen molar-refractivity contribution in [1.29, 1.82) is 0 Å². The Morgan fingerprint density at radius 3 is 2.18 bits per heavy atom. The molecule has 0 spiro atoms. The maximum Gasteiger partial charge on any atom is 0.278 e. The summed E-state index contributed by atoms with van der Waals surface area (Å²) in [7, 11) is 0. The minimum absolute atomic E-state index is 0.0781. The number of fused-ring (bicyclic) bond motifs is 1. The first-order valence-electron chi connectivity index (χ1n) is 11.8. The van der Waals surface area contributed by atoms with Crippen molar-refractivity contribution in [1.82, 2.24) is 4.90 Å². The summed E-state index contributed by atoms with van der Waals surface area (Å²) in [6.45, 7) is 7.75. The molecule has 1 fully saturated rings. The van der Waals surface area contributed by atoms with Crippen molar-refractivity contribution in [2.45, 2.75) is 19.8 Å². The van der Waals surface area contributed by atoms with Crippen LogP contribution in [0.25, 0.3) is 0 Å². The van der Waals surface area contributed by atoms with Gasteiger partial charge in [-0.2, -0.15) is 0 Å². The average molecular weight is 457 g/mol. The Bertz CT molecular complexity index is 1210. The molecule has 0 saturated carbocycles. The van der Waals surface area contributed by atoms with Crippen molar-refractivity contribution in [3.63, 3.8) is 0 Å². The van der Waals surface area contributed by atoms with Crippen LogP contribution < -0.4 is 9.80 Å². The summed E-state index contributed by atoms with van der Waals surface area (Å²) in [5.74, 6) is 0.178. The molecule has 3 aromatic rings. The van der Waals surface area contributed by atoms with Crippen LogP contribution in [-0.4, -0.2) is 49.4 Å². The van der Waals surface area contributed by atoms with Crippen LogP contribution in [0, 0.1) is 5.82 Å². The van der Waals surface area contributed by atoms with Gasteiger partial charge in [0.25, 0.3) is 5.91 Å². The fourth-order valence-electron chi connectivity index (χ4n) is 4.61. The highest BCUT2D eigenvalue weighted by molar-refractivity contribution is 6.54. The molecule has 174 valence electrons. The predicted octanol–water partition coefficient (Wildman–Crippen LogP) is 5.20. The van der Waals surface area contributed by atoms with Gasteiger partial charge in [-0.15, -0.1) is 0 Å². The van der Waals surface area contributed by atoms with Gasteiger partial charge >= 0.3 is 0 Å². The number of carbonyl (C=O) groups is 1. The van der Waals surface area contributed by atoms with E-state index in [4.69, 9.17) is 4.99 Å². The normalized spacial score (nSPS) is 17.6. The average Bonchev–Trinajstić information content (AvgIpc) is 3.11. The Kier molecular flexibility index (Phi) is 6.16. The third-order valence-corrected chi connectivity index (χ3v) is 6.61. The molecule has 0 radical (unpaired) electrons. The summed E-state index contributed by atoms with van der Waals surface area (Å²) in [5, 5.41) is 0. The molecule has 5 nitrogen and oxygen atoms in total. The van der Waals surface area contributed by atoms with Gasteiger partial charge < -0.3 is 4.90 Å². The highest BCUT2D eigenvalue weighted by atomic mass is 19.1. The SMILES string of the molecule is CC(C)c1ccc(N=C2C(=O)N(CN3CCN(c4ccccc4F)CC3)c3ccccc32)cc1. The summed E-state index contributed by atoms with van der Waals surface area (Å²) >= 11 is 0. The molecular formula is C28H29FN4O. The number of nitrogens with zero attached hydrogens (tertiary/aromatic N) is 4. The fourth-order valence-corrected chi connectivity index (χ4v) is 4.61. The number of carbonyl (C=O) groups excluding carboxylic acids is 1. The van der Waals surface area contributed by atoms with Gasteiger partial charge in [-0.1, -0.05) is 56.3 Å². The lowest BCUT2D eigenvalue weighted by Gasteiger charge is -2.37. The predicted molar refractivity (Wildman–Crippen MR) is 136 cm³/mol. The van der Waals surface area contributed by atoms with Crippen molar-refractivity contribution in [2.24, 2.45) is 4.99 Å². The van der Waals surface area contributed by atoms with Crippen LogP contribution >= 0.6 is 0 Å². The molecule has 0 N–H and O–H groups in total. The van der Waals surface area contributed by atoms with E-state index in [1.165, 1.54) is 11.6 Å². The van der Waals surface area contributed by atoms with Gasteiger partial charge in [-0.25, -0.2) is 9.38 Å². The van der Waals surface area contributed by atoms with E-state index in [0.717, 1.165) is 30.0 Å². The zero-order chi connectivity index (χ0) is 23.7. The van der Waals surface area contributed by atoms with Gasteiger partial charge in [0.15, 0.2) is 0 Å². The van der Waals surface area contributed by atoms with Crippen LogP contribution in [0.4, 0.5) is 21.5 Å². The van der Waals surface area contributed by atoms with Crippen molar-refractivity contribution in [3.8, 4) is 0 Å². The summed E-state index contributed by atoms with van der Waals surface area (Å²) in [5.41, 5.74) is 4.91. The highest BCUT2D eigenvalue weighted by Crippen LogP contribution is 2.31. The molecule has 3 aromatic carbocycles. The van der Waals surface area contributed by atoms with Crippen molar-refractivity contribution >= 4 is 28.7 Å². The van der Waals surface area contributed by atoms with Crippen LogP contribution in [-0.2, 0) is 4.79 Å². The summed E-state index contributed by atoms with van der Waals surface area (Å²) < 4.78 is 14.2. The number of para-hydroxylation sites is 2. The minimum Gasteiger partial charge on any atom is -0.367 e. The van der Waals surface area contributed by atoms with E-state index in [1.54, 1.807) is 6.07 Å². The van der Waals surface area contributed by atoms with Gasteiger partial charge in [-0.3, -0.25) is 14.6 Å². The van der Waals surface area contributed by atoms with Crippen LogP contribution in [0.2, 0.25) is 0 Å². The van der Waals surface area contributed by atoms with Crippen LogP contribution in [0.3, 0.4) is 0 Å². The number of rotatable bonds is 5. The largest absolute Gasteiger partial charge is 0.367 e. The smallest absolute Gasteiger partial charge is 0.278 e. The second-order valence-corrected chi connectivity index (χ2v) is 9.15. The summed E-state index contributed by atoms with van der Waals surface area (Å²) in [6, 6.07) is 22.8. The highest BCUT2D eigenvalue weighted by Gasteiger charge is 2.35. The van der Waals surface area contributed by atoms with E-state index in [2.05, 4.69) is 35.8 Å². The van der Waals surface area contributed by atoms with Gasteiger partial charge in [0, 0.05) is 31.7 Å². The molecule has 2 heterocycles. The molecule has 2 aliphatic rings. The number of hydrogen-bond donors (Lipinski definition) is 0. The number of hydrogen-bond acceptors (Lipinski definition) is 4. The first kappa shape index (κ1) is 22.3. The molecule has 6 heteroatoms. The zero-order valence-electron chi connectivity index (χ0n) is 19.6. The quantitative estimate of drug-likeness (QED) is 0.530. The van der Waals surface area contributed by atoms with E-state index in [9.17, 15) is 9.18 Å². The summed E-state index contributed by atoms with van der Waals surface area (Å²) in [6.07, 6.45) is 0. The monoisotopic (exact) mass is 456 g/mol. The molecule has 1 amide bonds. The Balaban J connectivity index is 1.32. The zero-order valence-corrected chi connectivity index (χ0v) is 19.6. The number of benzene rings is 3. The molecule has 1 saturated heterocycles. The lowest BCUT2D eigenvalue weighted by Crippen LogP contribution is -2.51. The Labute approximate surface area is 200 Å². The molecule has 5 rings (SSSR count). The molecule has 0 unspecified atom stereocenters. The fraction of sp³-hybridized carbons (Fsp3) is 0.286. The number of halogens is 1. The minimum atomic E-state index is -0.193. The van der Waals surface area contributed by atoms with Crippen molar-refractivity contribution < 1.29 is 9.18 Å². The standard InChI is InChI=1S/C28H29FN4O/c1-20(2)21-11-13-22(14-12-21)30-27-23-7-3-5-9-25(23)33(28(27)34)19-31-15-17-32(18-16-31)26-10-6-4-8-24(26)29/h3-14,20H,15-19H2,1-2H3. The Hall–Kier alpha value is -3.51. The van der Waals surface area contributed by atoms with Gasteiger partial charge in [0.1, 0.15) is 11.5 Å². The van der Waals surface area contributed by atoms with E-state index in [0.29, 0.717) is 37.1 Å². The third kappa shape index (κ3) is 4.33. The molecule has 0 aliphatic carbocycles. The molecule has 0 aromatic heterocycles. The van der Waals surface area contributed by atoms with Crippen LogP contribution in [0.15, 0.2) is 77.8 Å². The second kappa shape index (κ2) is 9.39. The maximum absolute atomic E-state index is 14.2. The second-order valence-electron chi connectivity index (χ2n) is 9.15. The van der Waals surface area contributed by atoms with Crippen molar-refractivity contribution in [3.05, 3.63) is 89.7 Å². The van der Waals surface area contributed by atoms with Gasteiger partial charge in [0.05, 0.1) is 23.7 Å². The molecule has 2 aliphatic heterocycles. The topological polar surface area (TPSA) is 39.2 Å². The number of anilines is 2. The van der Waals surface area contributed by atoms with Crippen LogP contribution in [0.5, 0.6) is 0 Å². The van der Waals surface area contributed by atoms with E-state index in [1.807, 2.05) is 53.4 Å². The Morgan fingerprint density at radius 1 is 0.853 bits per heavy atom. The molecule has 0 atom stereocenters. The van der Waals surface area contributed by atoms with E-state index < -0.39 is 0 Å². The number of piperazine rings is 1. The molecule has 0 bridgehead atoms. The van der Waals surface area contributed by atoms with Gasteiger partial charge in [0.2, 0.25) is 0 Å². The lowest BCUT2D eigenvalue weighted by molar-refractivity contribution is -0.112. The first-order valence-corrected chi connectivity index (χ1v) is 11.8.